The van der Waals surface area contributed by atoms with Crippen molar-refractivity contribution in [2.45, 2.75) is 38.4 Å². The highest BCUT2D eigenvalue weighted by Gasteiger charge is 2.67. The fraction of sp³-hybridized carbons (Fsp3) is 0.500. The molecule has 0 saturated carbocycles. The van der Waals surface area contributed by atoms with Crippen LogP contribution in [0.4, 0.5) is 0 Å². The highest BCUT2D eigenvalue weighted by molar-refractivity contribution is 5.93. The van der Waals surface area contributed by atoms with Gasteiger partial charge in [0.05, 0.1) is 24.5 Å². The molecule has 2 fully saturated rings. The van der Waals surface area contributed by atoms with Crippen LogP contribution in [0.2, 0.25) is 0 Å². The number of carbonyl (C=O) groups is 2. The molecule has 152 valence electrons. The van der Waals surface area contributed by atoms with Crippen molar-refractivity contribution in [1.82, 2.24) is 9.80 Å². The number of fused-ring (bicyclic) bond motifs is 1. The highest BCUT2D eigenvalue weighted by Crippen LogP contribution is 2.52. The van der Waals surface area contributed by atoms with Crippen molar-refractivity contribution in [3.8, 4) is 0 Å². The molecule has 0 N–H and O–H groups in total. The van der Waals surface area contributed by atoms with Crippen molar-refractivity contribution in [2.24, 2.45) is 11.8 Å². The Labute approximate surface area is 172 Å². The molecule has 5 rings (SSSR count). The Morgan fingerprint density at radius 3 is 2.76 bits per heavy atom. The normalized spacial score (nSPS) is 32.7. The van der Waals surface area contributed by atoms with E-state index in [1.807, 2.05) is 22.0 Å². The molecular weight excluding hydrogens is 364 g/mol. The number of likely N-dealkylation sites (tertiary alicyclic amines) is 1. The van der Waals surface area contributed by atoms with Gasteiger partial charge in [0.15, 0.2) is 0 Å². The van der Waals surface area contributed by atoms with Crippen molar-refractivity contribution in [3.63, 3.8) is 0 Å². The van der Waals surface area contributed by atoms with E-state index in [0.29, 0.717) is 19.6 Å². The molecule has 2 bridgehead atoms. The quantitative estimate of drug-likeness (QED) is 0.740. The van der Waals surface area contributed by atoms with Gasteiger partial charge in [0.1, 0.15) is 5.60 Å². The zero-order valence-corrected chi connectivity index (χ0v) is 17.1. The zero-order valence-electron chi connectivity index (χ0n) is 17.1. The molecule has 4 heterocycles. The van der Waals surface area contributed by atoms with Crippen molar-refractivity contribution in [2.75, 3.05) is 26.2 Å². The lowest BCUT2D eigenvalue weighted by Crippen LogP contribution is -2.47. The standard InChI is InChI=1S/C24H28N2O3/c1-16-3-5-18(6-4-16)10-14-26-15-24-11-7-19(29-24)20(21(24)23(26)28)22(27)25-12-8-17(2)9-13-25/h3-8,11,19-21H,9-10,12-15H2,1-2H3/t19-,20-,21+,24-/m0/s1. The second-order valence-electron chi connectivity index (χ2n) is 8.98. The molecule has 0 aromatic heterocycles. The number of hydrogen-bond acceptors (Lipinski definition) is 3. The van der Waals surface area contributed by atoms with Crippen LogP contribution in [-0.4, -0.2) is 59.5 Å². The van der Waals surface area contributed by atoms with E-state index in [9.17, 15) is 9.59 Å². The smallest absolute Gasteiger partial charge is 0.230 e. The maximum absolute atomic E-state index is 13.3. The summed E-state index contributed by atoms with van der Waals surface area (Å²) < 4.78 is 6.26. The number of hydrogen-bond donors (Lipinski definition) is 0. The van der Waals surface area contributed by atoms with Crippen molar-refractivity contribution in [3.05, 3.63) is 59.2 Å². The van der Waals surface area contributed by atoms with Crippen LogP contribution >= 0.6 is 0 Å². The summed E-state index contributed by atoms with van der Waals surface area (Å²) in [5, 5.41) is 0. The summed E-state index contributed by atoms with van der Waals surface area (Å²) in [6.07, 6.45) is 7.62. The third-order valence-corrected chi connectivity index (χ3v) is 7.00. The van der Waals surface area contributed by atoms with Crippen LogP contribution in [0.5, 0.6) is 0 Å². The summed E-state index contributed by atoms with van der Waals surface area (Å²) in [5.41, 5.74) is 3.17. The lowest BCUT2D eigenvalue weighted by Gasteiger charge is -2.31. The maximum Gasteiger partial charge on any atom is 0.230 e. The first kappa shape index (κ1) is 18.6. The number of benzene rings is 1. The predicted octanol–water partition coefficient (Wildman–Crippen LogP) is 2.50. The average Bonchev–Trinajstić information content (AvgIpc) is 3.36. The lowest BCUT2D eigenvalue weighted by molar-refractivity contribution is -0.143. The van der Waals surface area contributed by atoms with Crippen LogP contribution in [0, 0.1) is 18.8 Å². The van der Waals surface area contributed by atoms with E-state index in [0.717, 1.165) is 19.4 Å². The predicted molar refractivity (Wildman–Crippen MR) is 110 cm³/mol. The summed E-state index contributed by atoms with van der Waals surface area (Å²) in [6, 6.07) is 8.45. The first-order chi connectivity index (χ1) is 14.0. The molecule has 4 aliphatic rings. The fourth-order valence-electron chi connectivity index (χ4n) is 5.25. The van der Waals surface area contributed by atoms with E-state index >= 15 is 0 Å². The first-order valence-electron chi connectivity index (χ1n) is 10.6. The van der Waals surface area contributed by atoms with E-state index in [2.05, 4.69) is 44.2 Å². The summed E-state index contributed by atoms with van der Waals surface area (Å²) in [6.45, 7) is 6.77. The largest absolute Gasteiger partial charge is 0.360 e. The van der Waals surface area contributed by atoms with Crippen LogP contribution in [0.15, 0.2) is 48.1 Å². The molecule has 1 aromatic carbocycles. The molecule has 4 aliphatic heterocycles. The Balaban J connectivity index is 1.32. The van der Waals surface area contributed by atoms with Gasteiger partial charge in [-0.3, -0.25) is 9.59 Å². The van der Waals surface area contributed by atoms with E-state index in [4.69, 9.17) is 4.74 Å². The Kier molecular flexibility index (Phi) is 4.39. The summed E-state index contributed by atoms with van der Waals surface area (Å²) >= 11 is 0. The Bertz CT molecular complexity index is 903. The third kappa shape index (κ3) is 3.03. The molecular formula is C24H28N2O3. The number of aryl methyl sites for hydroxylation is 1. The number of carbonyl (C=O) groups excluding carboxylic acids is 2. The van der Waals surface area contributed by atoms with Gasteiger partial charge >= 0.3 is 0 Å². The minimum atomic E-state index is -0.614. The van der Waals surface area contributed by atoms with Gasteiger partial charge in [0.25, 0.3) is 0 Å². The summed E-state index contributed by atoms with van der Waals surface area (Å²) in [7, 11) is 0. The molecule has 5 nitrogen and oxygen atoms in total. The Hall–Kier alpha value is -2.40. The minimum absolute atomic E-state index is 0.0729. The molecule has 1 spiro atoms. The van der Waals surface area contributed by atoms with Crippen molar-refractivity contribution >= 4 is 11.8 Å². The van der Waals surface area contributed by atoms with Crippen molar-refractivity contribution < 1.29 is 14.3 Å². The Morgan fingerprint density at radius 1 is 1.24 bits per heavy atom. The maximum atomic E-state index is 13.3. The van der Waals surface area contributed by atoms with Gasteiger partial charge in [0, 0.05) is 19.6 Å². The molecule has 2 amide bonds. The fourth-order valence-corrected chi connectivity index (χ4v) is 5.25. The van der Waals surface area contributed by atoms with Gasteiger partial charge in [-0.1, -0.05) is 53.6 Å². The van der Waals surface area contributed by atoms with E-state index < -0.39 is 5.60 Å². The first-order valence-corrected chi connectivity index (χ1v) is 10.6. The summed E-state index contributed by atoms with van der Waals surface area (Å²) in [4.78, 5) is 30.4. The van der Waals surface area contributed by atoms with E-state index in [1.165, 1.54) is 16.7 Å². The minimum Gasteiger partial charge on any atom is -0.360 e. The zero-order chi connectivity index (χ0) is 20.2. The number of rotatable bonds is 4. The molecule has 1 aromatic rings. The monoisotopic (exact) mass is 392 g/mol. The van der Waals surface area contributed by atoms with E-state index in [1.54, 1.807) is 0 Å². The number of nitrogens with zero attached hydrogens (tertiary/aromatic N) is 2. The molecule has 2 saturated heterocycles. The highest BCUT2D eigenvalue weighted by atomic mass is 16.5. The Morgan fingerprint density at radius 2 is 2.03 bits per heavy atom. The van der Waals surface area contributed by atoms with Gasteiger partial charge in [-0.15, -0.1) is 0 Å². The second kappa shape index (κ2) is 6.84. The molecule has 5 heteroatoms. The SMILES string of the molecule is CC1=CCN(C(=O)[C@H]2[C@@H]3C=C[C@@]4(CN(CCc5ccc(C)cc5)C(=O)[C@@H]24)O3)CC1. The molecule has 0 unspecified atom stereocenters. The van der Waals surface area contributed by atoms with Gasteiger partial charge < -0.3 is 14.5 Å². The van der Waals surface area contributed by atoms with E-state index in [-0.39, 0.29) is 29.8 Å². The van der Waals surface area contributed by atoms with Crippen LogP contribution in [0.25, 0.3) is 0 Å². The molecule has 29 heavy (non-hydrogen) atoms. The summed E-state index contributed by atoms with van der Waals surface area (Å²) in [5.74, 6) is -0.617. The second-order valence-corrected chi connectivity index (χ2v) is 8.98. The van der Waals surface area contributed by atoms with Gasteiger partial charge in [-0.05, 0) is 32.3 Å². The van der Waals surface area contributed by atoms with Gasteiger partial charge in [-0.25, -0.2) is 0 Å². The van der Waals surface area contributed by atoms with Crippen LogP contribution in [0.1, 0.15) is 24.5 Å². The van der Waals surface area contributed by atoms with Gasteiger partial charge in [0.2, 0.25) is 11.8 Å². The van der Waals surface area contributed by atoms with Crippen LogP contribution < -0.4 is 0 Å². The third-order valence-electron chi connectivity index (χ3n) is 7.00. The van der Waals surface area contributed by atoms with Gasteiger partial charge in [-0.2, -0.15) is 0 Å². The molecule has 0 radical (unpaired) electrons. The topological polar surface area (TPSA) is 49.9 Å². The van der Waals surface area contributed by atoms with Crippen molar-refractivity contribution in [1.29, 1.82) is 0 Å². The molecule has 4 atom stereocenters. The molecule has 0 aliphatic carbocycles. The number of amides is 2. The average molecular weight is 392 g/mol. The number of ether oxygens (including phenoxy) is 1. The lowest BCUT2D eigenvalue weighted by atomic mass is 9.76. The van der Waals surface area contributed by atoms with Crippen LogP contribution in [-0.2, 0) is 20.7 Å². The van der Waals surface area contributed by atoms with Crippen LogP contribution in [0.3, 0.4) is 0 Å².